The van der Waals surface area contributed by atoms with Crippen molar-refractivity contribution in [3.8, 4) is 0 Å². The molecular weight excluding hydrogens is 394 g/mol. The largest absolute Gasteiger partial charge is 0.326 e. The fourth-order valence-corrected chi connectivity index (χ4v) is 4.32. The maximum absolute atomic E-state index is 12.3. The van der Waals surface area contributed by atoms with Gasteiger partial charge in [0.2, 0.25) is 5.91 Å². The number of aromatic nitrogens is 1. The lowest BCUT2D eigenvalue weighted by molar-refractivity contribution is -0.115. The minimum Gasteiger partial charge on any atom is -0.326 e. The van der Waals surface area contributed by atoms with Crippen molar-refractivity contribution in [1.82, 2.24) is 4.98 Å². The van der Waals surface area contributed by atoms with Crippen LogP contribution in [0.4, 0.5) is 10.8 Å². The van der Waals surface area contributed by atoms with Crippen LogP contribution in [0.5, 0.6) is 0 Å². The number of thiazole rings is 1. The van der Waals surface area contributed by atoms with Gasteiger partial charge in [0.15, 0.2) is 5.13 Å². The third kappa shape index (κ3) is 4.81. The molecule has 0 spiro atoms. The number of hydrogen-bond acceptors (Lipinski definition) is 5. The smallest absolute Gasteiger partial charge is 0.263 e. The molecule has 2 aromatic carbocycles. The van der Waals surface area contributed by atoms with Gasteiger partial charge < -0.3 is 5.32 Å². The highest BCUT2D eigenvalue weighted by atomic mass is 35.5. The Labute approximate surface area is 159 Å². The monoisotopic (exact) mass is 407 g/mol. The summed E-state index contributed by atoms with van der Waals surface area (Å²) in [6.45, 7) is 0. The highest BCUT2D eigenvalue weighted by Gasteiger charge is 2.16. The highest BCUT2D eigenvalue weighted by Crippen LogP contribution is 2.21. The van der Waals surface area contributed by atoms with E-state index in [1.807, 2.05) is 0 Å². The van der Waals surface area contributed by atoms with Gasteiger partial charge in [-0.25, -0.2) is 13.4 Å². The molecule has 0 saturated carbocycles. The number of amides is 1. The number of carbonyl (C=O) groups excluding carboxylic acids is 1. The number of anilines is 2. The van der Waals surface area contributed by atoms with Crippen LogP contribution in [-0.2, 0) is 21.2 Å². The van der Waals surface area contributed by atoms with Gasteiger partial charge in [0.1, 0.15) is 0 Å². The van der Waals surface area contributed by atoms with Gasteiger partial charge in [0.25, 0.3) is 10.0 Å². The molecule has 0 bridgehead atoms. The average Bonchev–Trinajstić information content (AvgIpc) is 3.01. The maximum atomic E-state index is 12.3. The second kappa shape index (κ2) is 7.86. The Hall–Kier alpha value is -2.42. The van der Waals surface area contributed by atoms with Gasteiger partial charge >= 0.3 is 0 Å². The van der Waals surface area contributed by atoms with Crippen LogP contribution in [0.3, 0.4) is 0 Å². The molecule has 1 aromatic heterocycles. The minimum absolute atomic E-state index is 0.0239. The molecule has 0 unspecified atom stereocenters. The van der Waals surface area contributed by atoms with Crippen LogP contribution in [-0.4, -0.2) is 19.3 Å². The van der Waals surface area contributed by atoms with Crippen molar-refractivity contribution in [2.45, 2.75) is 11.3 Å². The molecule has 9 heteroatoms. The van der Waals surface area contributed by atoms with Crippen molar-refractivity contribution in [3.05, 3.63) is 70.7 Å². The molecule has 3 rings (SSSR count). The number of halogens is 1. The van der Waals surface area contributed by atoms with Gasteiger partial charge in [-0.15, -0.1) is 11.3 Å². The Morgan fingerprint density at radius 3 is 2.62 bits per heavy atom. The molecular formula is C17H14ClN3O3S2. The summed E-state index contributed by atoms with van der Waals surface area (Å²) in [6, 6.07) is 14.8. The summed E-state index contributed by atoms with van der Waals surface area (Å²) in [4.78, 5) is 16.4. The molecule has 0 aliphatic rings. The van der Waals surface area contributed by atoms with E-state index in [2.05, 4.69) is 15.0 Å². The zero-order valence-electron chi connectivity index (χ0n) is 13.3. The highest BCUT2D eigenvalue weighted by molar-refractivity contribution is 7.93. The van der Waals surface area contributed by atoms with Crippen molar-refractivity contribution < 1.29 is 13.2 Å². The molecule has 134 valence electrons. The van der Waals surface area contributed by atoms with Crippen LogP contribution in [0.1, 0.15) is 5.69 Å². The predicted octanol–water partition coefficient (Wildman–Crippen LogP) is 3.78. The van der Waals surface area contributed by atoms with E-state index in [1.54, 1.807) is 47.8 Å². The van der Waals surface area contributed by atoms with Gasteiger partial charge in [-0.1, -0.05) is 35.9 Å². The van der Waals surface area contributed by atoms with Crippen LogP contribution < -0.4 is 10.0 Å². The summed E-state index contributed by atoms with van der Waals surface area (Å²) < 4.78 is 27.0. The summed E-state index contributed by atoms with van der Waals surface area (Å²) in [6.07, 6.45) is 0.0239. The van der Waals surface area contributed by atoms with E-state index >= 15 is 0 Å². The van der Waals surface area contributed by atoms with E-state index in [1.165, 1.54) is 12.1 Å². The lowest BCUT2D eigenvalue weighted by Gasteiger charge is -2.05. The molecule has 0 saturated heterocycles. The number of benzene rings is 2. The van der Waals surface area contributed by atoms with Gasteiger partial charge in [0, 0.05) is 16.1 Å². The molecule has 26 heavy (non-hydrogen) atoms. The van der Waals surface area contributed by atoms with Gasteiger partial charge in [0.05, 0.1) is 17.0 Å². The Kier molecular flexibility index (Phi) is 5.55. The molecule has 0 aliphatic heterocycles. The SMILES string of the molecule is O=C(Cc1csc(NS(=O)(=O)c2ccccc2)n1)Nc1cccc(Cl)c1. The molecule has 1 amide bonds. The first kappa shape index (κ1) is 18.4. The Balaban J connectivity index is 1.64. The summed E-state index contributed by atoms with van der Waals surface area (Å²) in [5.41, 5.74) is 1.06. The first-order valence-corrected chi connectivity index (χ1v) is 10.2. The molecule has 0 fully saturated rings. The molecule has 1 heterocycles. The van der Waals surface area contributed by atoms with Gasteiger partial charge in [-0.2, -0.15) is 0 Å². The molecule has 0 aliphatic carbocycles. The quantitative estimate of drug-likeness (QED) is 0.650. The van der Waals surface area contributed by atoms with E-state index in [0.29, 0.717) is 16.4 Å². The van der Waals surface area contributed by atoms with E-state index in [-0.39, 0.29) is 22.4 Å². The number of nitrogens with zero attached hydrogens (tertiary/aromatic N) is 1. The number of carbonyl (C=O) groups is 1. The van der Waals surface area contributed by atoms with E-state index in [4.69, 9.17) is 11.6 Å². The van der Waals surface area contributed by atoms with Crippen LogP contribution in [0.25, 0.3) is 0 Å². The zero-order valence-corrected chi connectivity index (χ0v) is 15.7. The summed E-state index contributed by atoms with van der Waals surface area (Å²) in [5.74, 6) is -0.268. The van der Waals surface area contributed by atoms with E-state index in [0.717, 1.165) is 11.3 Å². The predicted molar refractivity (Wildman–Crippen MR) is 103 cm³/mol. The molecule has 0 radical (unpaired) electrons. The minimum atomic E-state index is -3.70. The lowest BCUT2D eigenvalue weighted by Crippen LogP contribution is -2.15. The standard InChI is InChI=1S/C17H14ClN3O3S2/c18-12-5-4-6-13(9-12)19-16(22)10-14-11-25-17(20-14)21-26(23,24)15-7-2-1-3-8-15/h1-9,11H,10H2,(H,19,22)(H,20,21). The van der Waals surface area contributed by atoms with E-state index < -0.39 is 10.0 Å². The second-order valence-electron chi connectivity index (χ2n) is 5.30. The number of rotatable bonds is 6. The van der Waals surface area contributed by atoms with Crippen LogP contribution in [0.15, 0.2) is 64.9 Å². The maximum Gasteiger partial charge on any atom is 0.263 e. The normalized spacial score (nSPS) is 11.1. The Bertz CT molecular complexity index is 1020. The third-order valence-corrected chi connectivity index (χ3v) is 5.80. The fraction of sp³-hybridized carbons (Fsp3) is 0.0588. The molecule has 6 nitrogen and oxygen atoms in total. The van der Waals surface area contributed by atoms with Crippen molar-refractivity contribution in [2.24, 2.45) is 0 Å². The summed E-state index contributed by atoms with van der Waals surface area (Å²) >= 11 is 7.00. The number of sulfonamides is 1. The van der Waals surface area contributed by atoms with Crippen molar-refractivity contribution in [1.29, 1.82) is 0 Å². The second-order valence-corrected chi connectivity index (χ2v) is 8.27. The molecule has 3 aromatic rings. The molecule has 2 N–H and O–H groups in total. The zero-order chi connectivity index (χ0) is 18.6. The van der Waals surface area contributed by atoms with Crippen molar-refractivity contribution in [2.75, 3.05) is 10.0 Å². The van der Waals surface area contributed by atoms with Crippen molar-refractivity contribution in [3.63, 3.8) is 0 Å². The first-order valence-electron chi connectivity index (χ1n) is 7.50. The molecule has 0 atom stereocenters. The lowest BCUT2D eigenvalue weighted by atomic mass is 10.3. The van der Waals surface area contributed by atoms with Crippen molar-refractivity contribution >= 4 is 49.7 Å². The van der Waals surface area contributed by atoms with Crippen LogP contribution in [0.2, 0.25) is 5.02 Å². The van der Waals surface area contributed by atoms with Gasteiger partial charge in [-0.05, 0) is 30.3 Å². The topological polar surface area (TPSA) is 88.2 Å². The summed E-state index contributed by atoms with van der Waals surface area (Å²) in [5, 5.41) is 5.09. The van der Waals surface area contributed by atoms with Gasteiger partial charge in [-0.3, -0.25) is 9.52 Å². The number of nitrogens with one attached hydrogen (secondary N) is 2. The average molecular weight is 408 g/mol. The number of hydrogen-bond donors (Lipinski definition) is 2. The Morgan fingerprint density at radius 1 is 1.12 bits per heavy atom. The summed E-state index contributed by atoms with van der Waals surface area (Å²) in [7, 11) is -3.70. The third-order valence-electron chi connectivity index (χ3n) is 3.28. The fourth-order valence-electron chi connectivity index (χ4n) is 2.14. The van der Waals surface area contributed by atoms with Crippen LogP contribution in [0, 0.1) is 0 Å². The first-order chi connectivity index (χ1) is 12.4. The Morgan fingerprint density at radius 2 is 1.88 bits per heavy atom. The van der Waals surface area contributed by atoms with Crippen LogP contribution >= 0.6 is 22.9 Å². The van der Waals surface area contributed by atoms with E-state index in [9.17, 15) is 13.2 Å².